The zero-order chi connectivity index (χ0) is 11.8. The molecule has 1 aliphatic carbocycles. The molecule has 3 aliphatic rings. The molecule has 17 heavy (non-hydrogen) atoms. The lowest BCUT2D eigenvalue weighted by molar-refractivity contribution is -0.0414. The molecule has 1 saturated carbocycles. The summed E-state index contributed by atoms with van der Waals surface area (Å²) >= 11 is 0. The Balaban J connectivity index is 1.70. The van der Waals surface area contributed by atoms with E-state index in [0.29, 0.717) is 11.1 Å². The molecule has 1 N–H and O–H groups in total. The summed E-state index contributed by atoms with van der Waals surface area (Å²) in [5, 5.41) is 3.81. The van der Waals surface area contributed by atoms with E-state index in [4.69, 9.17) is 4.74 Å². The summed E-state index contributed by atoms with van der Waals surface area (Å²) < 4.78 is 5.53. The quantitative estimate of drug-likeness (QED) is 0.753. The van der Waals surface area contributed by atoms with Gasteiger partial charge < -0.3 is 10.1 Å². The van der Waals surface area contributed by atoms with E-state index in [1.807, 2.05) is 0 Å². The summed E-state index contributed by atoms with van der Waals surface area (Å²) in [5.74, 6) is 0. The molecule has 2 saturated heterocycles. The molecular formula is C14H26N2O. The van der Waals surface area contributed by atoms with Gasteiger partial charge in [0.25, 0.3) is 0 Å². The minimum atomic E-state index is 0.399. The van der Waals surface area contributed by atoms with E-state index in [-0.39, 0.29) is 0 Å². The topological polar surface area (TPSA) is 24.5 Å². The summed E-state index contributed by atoms with van der Waals surface area (Å²) in [6, 6.07) is 0. The number of ether oxygens (including phenoxy) is 1. The summed E-state index contributed by atoms with van der Waals surface area (Å²) in [6.07, 6.45) is 8.03. The number of nitrogens with one attached hydrogen (secondary N) is 1. The van der Waals surface area contributed by atoms with Gasteiger partial charge in [-0.05, 0) is 32.6 Å². The van der Waals surface area contributed by atoms with Crippen molar-refractivity contribution in [1.29, 1.82) is 0 Å². The van der Waals surface area contributed by atoms with Crippen LogP contribution >= 0.6 is 0 Å². The fraction of sp³-hybridized carbons (Fsp3) is 1.00. The molecule has 3 fully saturated rings. The smallest absolute Gasteiger partial charge is 0.0483 e. The van der Waals surface area contributed by atoms with E-state index in [0.717, 1.165) is 13.2 Å². The number of hydrogen-bond donors (Lipinski definition) is 1. The van der Waals surface area contributed by atoms with E-state index in [1.165, 1.54) is 58.2 Å². The van der Waals surface area contributed by atoms with Crippen molar-refractivity contribution in [1.82, 2.24) is 10.2 Å². The highest BCUT2D eigenvalue weighted by atomic mass is 16.5. The Morgan fingerprint density at radius 1 is 1.06 bits per heavy atom. The van der Waals surface area contributed by atoms with Crippen LogP contribution in [0.25, 0.3) is 0 Å². The van der Waals surface area contributed by atoms with Crippen LogP contribution in [0.3, 0.4) is 0 Å². The van der Waals surface area contributed by atoms with Crippen LogP contribution in [0, 0.1) is 0 Å². The molecule has 0 aromatic carbocycles. The van der Waals surface area contributed by atoms with Gasteiger partial charge in [0.1, 0.15) is 0 Å². The molecule has 0 aromatic rings. The Hall–Kier alpha value is -0.120. The van der Waals surface area contributed by atoms with E-state index in [9.17, 15) is 0 Å². The maximum Gasteiger partial charge on any atom is 0.0483 e. The average molecular weight is 238 g/mol. The van der Waals surface area contributed by atoms with Gasteiger partial charge in [-0.15, -0.1) is 0 Å². The highest BCUT2D eigenvalue weighted by molar-refractivity contribution is 5.02. The summed E-state index contributed by atoms with van der Waals surface area (Å²) in [7, 11) is 0. The van der Waals surface area contributed by atoms with Gasteiger partial charge in [-0.1, -0.05) is 12.8 Å². The van der Waals surface area contributed by atoms with Crippen molar-refractivity contribution in [2.45, 2.75) is 56.5 Å². The molecule has 3 heteroatoms. The van der Waals surface area contributed by atoms with Gasteiger partial charge in [0, 0.05) is 43.9 Å². The van der Waals surface area contributed by atoms with Gasteiger partial charge in [-0.3, -0.25) is 4.90 Å². The molecule has 0 amide bonds. The molecule has 2 aliphatic heterocycles. The number of nitrogens with zero attached hydrogens (tertiary/aromatic N) is 1. The van der Waals surface area contributed by atoms with Crippen molar-refractivity contribution in [2.75, 3.05) is 32.8 Å². The van der Waals surface area contributed by atoms with E-state index >= 15 is 0 Å². The lowest BCUT2D eigenvalue weighted by Gasteiger charge is -2.51. The molecule has 0 radical (unpaired) electrons. The first-order valence-electron chi connectivity index (χ1n) is 7.30. The van der Waals surface area contributed by atoms with Crippen LogP contribution < -0.4 is 5.32 Å². The molecular weight excluding hydrogens is 212 g/mol. The standard InChI is InChI=1S/C14H26N2O/c1-13(6-10-17-11-7-13)16-9-8-15-14(12-16)4-2-3-5-14/h15H,2-12H2,1H3. The molecule has 0 unspecified atom stereocenters. The van der Waals surface area contributed by atoms with Crippen LogP contribution in [0.1, 0.15) is 45.4 Å². The van der Waals surface area contributed by atoms with Gasteiger partial charge in [0.05, 0.1) is 0 Å². The van der Waals surface area contributed by atoms with Gasteiger partial charge >= 0.3 is 0 Å². The summed E-state index contributed by atoms with van der Waals surface area (Å²) in [5.41, 5.74) is 0.857. The average Bonchev–Trinajstić information content (AvgIpc) is 2.78. The molecule has 1 spiro atoms. The van der Waals surface area contributed by atoms with Crippen LogP contribution in [-0.2, 0) is 4.74 Å². The van der Waals surface area contributed by atoms with Crippen molar-refractivity contribution in [3.63, 3.8) is 0 Å². The fourth-order valence-corrected chi connectivity index (χ4v) is 3.93. The van der Waals surface area contributed by atoms with Crippen LogP contribution in [0.4, 0.5) is 0 Å². The molecule has 98 valence electrons. The largest absolute Gasteiger partial charge is 0.381 e. The van der Waals surface area contributed by atoms with Gasteiger partial charge in [-0.25, -0.2) is 0 Å². The number of hydrogen-bond acceptors (Lipinski definition) is 3. The predicted octanol–water partition coefficient (Wildman–Crippen LogP) is 1.77. The van der Waals surface area contributed by atoms with Gasteiger partial charge in [0.15, 0.2) is 0 Å². The minimum Gasteiger partial charge on any atom is -0.381 e. The van der Waals surface area contributed by atoms with Crippen molar-refractivity contribution < 1.29 is 4.74 Å². The maximum atomic E-state index is 5.53. The Morgan fingerprint density at radius 2 is 1.76 bits per heavy atom. The van der Waals surface area contributed by atoms with Crippen molar-refractivity contribution >= 4 is 0 Å². The Kier molecular flexibility index (Phi) is 3.18. The van der Waals surface area contributed by atoms with E-state index < -0.39 is 0 Å². The summed E-state index contributed by atoms with van der Waals surface area (Å²) in [6.45, 7) is 8.02. The third-order valence-corrected chi connectivity index (χ3v) is 5.27. The van der Waals surface area contributed by atoms with Crippen LogP contribution in [0.2, 0.25) is 0 Å². The number of rotatable bonds is 1. The third kappa shape index (κ3) is 2.25. The first-order valence-corrected chi connectivity index (χ1v) is 7.30. The third-order valence-electron chi connectivity index (χ3n) is 5.27. The first-order chi connectivity index (χ1) is 8.23. The fourth-order valence-electron chi connectivity index (χ4n) is 3.93. The van der Waals surface area contributed by atoms with E-state index in [1.54, 1.807) is 0 Å². The SMILES string of the molecule is CC1(N2CCNC3(CCCC3)C2)CCOCC1. The van der Waals surface area contributed by atoms with Crippen molar-refractivity contribution in [3.8, 4) is 0 Å². The van der Waals surface area contributed by atoms with Crippen LogP contribution in [0.5, 0.6) is 0 Å². The normalized spacial score (nSPS) is 33.0. The lowest BCUT2D eigenvalue weighted by Crippen LogP contribution is -2.65. The first kappa shape index (κ1) is 11.9. The lowest BCUT2D eigenvalue weighted by atomic mass is 9.85. The second-order valence-electron chi connectivity index (χ2n) is 6.45. The maximum absolute atomic E-state index is 5.53. The highest BCUT2D eigenvalue weighted by Crippen LogP contribution is 2.36. The molecule has 0 atom stereocenters. The Labute approximate surface area is 105 Å². The second-order valence-corrected chi connectivity index (χ2v) is 6.45. The molecule has 0 bridgehead atoms. The molecule has 0 aromatic heterocycles. The monoisotopic (exact) mass is 238 g/mol. The van der Waals surface area contributed by atoms with Crippen LogP contribution in [-0.4, -0.2) is 48.8 Å². The van der Waals surface area contributed by atoms with Crippen LogP contribution in [0.15, 0.2) is 0 Å². The van der Waals surface area contributed by atoms with Crippen molar-refractivity contribution in [2.24, 2.45) is 0 Å². The zero-order valence-electron chi connectivity index (χ0n) is 11.1. The zero-order valence-corrected chi connectivity index (χ0v) is 11.1. The van der Waals surface area contributed by atoms with Gasteiger partial charge in [0.2, 0.25) is 0 Å². The van der Waals surface area contributed by atoms with Gasteiger partial charge in [-0.2, -0.15) is 0 Å². The Bertz CT molecular complexity index is 267. The summed E-state index contributed by atoms with van der Waals surface area (Å²) in [4.78, 5) is 2.76. The minimum absolute atomic E-state index is 0.399. The number of piperazine rings is 1. The van der Waals surface area contributed by atoms with E-state index in [2.05, 4.69) is 17.1 Å². The molecule has 3 rings (SSSR count). The highest BCUT2D eigenvalue weighted by Gasteiger charge is 2.43. The Morgan fingerprint density at radius 3 is 2.47 bits per heavy atom. The second kappa shape index (κ2) is 4.52. The predicted molar refractivity (Wildman–Crippen MR) is 69.2 cm³/mol. The molecule has 2 heterocycles. The van der Waals surface area contributed by atoms with Crippen molar-refractivity contribution in [3.05, 3.63) is 0 Å². The molecule has 3 nitrogen and oxygen atoms in total.